The van der Waals surface area contributed by atoms with E-state index in [2.05, 4.69) is 10.3 Å². The summed E-state index contributed by atoms with van der Waals surface area (Å²) in [7, 11) is 1.58. The molecule has 1 fully saturated rings. The molecule has 3 rings (SSSR count). The normalized spacial score (nSPS) is 16.9. The van der Waals surface area contributed by atoms with E-state index in [9.17, 15) is 14.9 Å². The minimum absolute atomic E-state index is 0.0233. The lowest BCUT2D eigenvalue weighted by Crippen LogP contribution is -2.19. The van der Waals surface area contributed by atoms with Gasteiger partial charge in [0, 0.05) is 12.1 Å². The van der Waals surface area contributed by atoms with E-state index in [0.29, 0.717) is 21.3 Å². The van der Waals surface area contributed by atoms with Gasteiger partial charge in [0.05, 0.1) is 22.6 Å². The molecule has 0 atom stereocenters. The highest BCUT2D eigenvalue weighted by Crippen LogP contribution is 2.29. The number of amides is 1. The Kier molecular flexibility index (Phi) is 4.80. The molecule has 0 aromatic heterocycles. The summed E-state index contributed by atoms with van der Waals surface area (Å²) in [6.45, 7) is 0. The van der Waals surface area contributed by atoms with Crippen LogP contribution in [0.1, 0.15) is 5.56 Å². The maximum Gasteiger partial charge on any atom is 0.270 e. The Bertz CT molecular complexity index is 891. The lowest BCUT2D eigenvalue weighted by Gasteiger charge is -1.99. The van der Waals surface area contributed by atoms with E-state index in [1.807, 2.05) is 0 Å². The van der Waals surface area contributed by atoms with E-state index >= 15 is 0 Å². The zero-order valence-corrected chi connectivity index (χ0v) is 13.9. The van der Waals surface area contributed by atoms with Gasteiger partial charge < -0.3 is 10.1 Å². The Morgan fingerprint density at radius 1 is 1.24 bits per heavy atom. The number of nitrogens with one attached hydrogen (secondary N) is 1. The molecule has 0 aliphatic carbocycles. The monoisotopic (exact) mass is 355 g/mol. The van der Waals surface area contributed by atoms with Gasteiger partial charge in [-0.05, 0) is 47.7 Å². The molecule has 1 heterocycles. The molecule has 0 unspecified atom stereocenters. The van der Waals surface area contributed by atoms with E-state index in [1.54, 1.807) is 49.6 Å². The highest BCUT2D eigenvalue weighted by Gasteiger charge is 2.24. The molecule has 0 saturated carbocycles. The third-order valence-electron chi connectivity index (χ3n) is 3.33. The van der Waals surface area contributed by atoms with E-state index in [4.69, 9.17) is 4.74 Å². The maximum atomic E-state index is 12.1. The molecule has 126 valence electrons. The van der Waals surface area contributed by atoms with Crippen molar-refractivity contribution in [2.75, 3.05) is 7.11 Å². The second kappa shape index (κ2) is 7.18. The molecule has 0 radical (unpaired) electrons. The Hall–Kier alpha value is -3.13. The molecule has 2 aromatic rings. The molecule has 25 heavy (non-hydrogen) atoms. The van der Waals surface area contributed by atoms with Crippen LogP contribution in [0.2, 0.25) is 0 Å². The summed E-state index contributed by atoms with van der Waals surface area (Å²) in [4.78, 5) is 27.2. The van der Waals surface area contributed by atoms with Gasteiger partial charge in [-0.1, -0.05) is 12.1 Å². The highest BCUT2D eigenvalue weighted by atomic mass is 32.2. The van der Waals surface area contributed by atoms with Crippen LogP contribution in [0.25, 0.3) is 6.08 Å². The zero-order valence-electron chi connectivity index (χ0n) is 13.1. The predicted molar refractivity (Wildman–Crippen MR) is 96.9 cm³/mol. The summed E-state index contributed by atoms with van der Waals surface area (Å²) >= 11 is 1.18. The van der Waals surface area contributed by atoms with Crippen LogP contribution in [-0.4, -0.2) is 23.1 Å². The predicted octanol–water partition coefficient (Wildman–Crippen LogP) is 3.50. The Morgan fingerprint density at radius 3 is 2.68 bits per heavy atom. The molecular weight excluding hydrogens is 342 g/mol. The van der Waals surface area contributed by atoms with Gasteiger partial charge in [0.1, 0.15) is 5.75 Å². The van der Waals surface area contributed by atoms with Gasteiger partial charge in [0.15, 0.2) is 5.17 Å². The van der Waals surface area contributed by atoms with Crippen molar-refractivity contribution in [2.45, 2.75) is 0 Å². The number of rotatable bonds is 4. The molecule has 0 bridgehead atoms. The number of non-ortho nitro benzene ring substituents is 1. The number of nitro benzene ring substituents is 1. The van der Waals surface area contributed by atoms with Gasteiger partial charge in [-0.3, -0.25) is 14.9 Å². The average molecular weight is 355 g/mol. The fourth-order valence-corrected chi connectivity index (χ4v) is 2.98. The number of carbonyl (C=O) groups is 1. The van der Waals surface area contributed by atoms with E-state index < -0.39 is 4.92 Å². The van der Waals surface area contributed by atoms with Crippen molar-refractivity contribution in [3.8, 4) is 5.75 Å². The van der Waals surface area contributed by atoms with Gasteiger partial charge in [-0.15, -0.1) is 0 Å². The van der Waals surface area contributed by atoms with Crippen molar-refractivity contribution < 1.29 is 14.5 Å². The number of ether oxygens (including phenoxy) is 1. The topological polar surface area (TPSA) is 93.8 Å². The zero-order chi connectivity index (χ0) is 17.8. The number of hydrogen-bond donors (Lipinski definition) is 1. The third-order valence-corrected chi connectivity index (χ3v) is 4.24. The lowest BCUT2D eigenvalue weighted by atomic mass is 10.2. The number of benzene rings is 2. The van der Waals surface area contributed by atoms with E-state index in [0.717, 1.165) is 5.75 Å². The van der Waals surface area contributed by atoms with Crippen LogP contribution in [0.3, 0.4) is 0 Å². The van der Waals surface area contributed by atoms with Crippen molar-refractivity contribution in [1.82, 2.24) is 5.32 Å². The number of methoxy groups -OCH3 is 1. The molecule has 8 heteroatoms. The largest absolute Gasteiger partial charge is 0.497 e. The van der Waals surface area contributed by atoms with Crippen LogP contribution in [0.4, 0.5) is 11.4 Å². The summed E-state index contributed by atoms with van der Waals surface area (Å²) in [6.07, 6.45) is 1.60. The van der Waals surface area contributed by atoms with Gasteiger partial charge in [-0.25, -0.2) is 4.99 Å². The number of nitro groups is 1. The summed E-state index contributed by atoms with van der Waals surface area (Å²) < 4.78 is 5.09. The van der Waals surface area contributed by atoms with Crippen LogP contribution in [0.5, 0.6) is 5.75 Å². The first-order chi connectivity index (χ1) is 12.0. The van der Waals surface area contributed by atoms with E-state index in [-0.39, 0.29) is 11.6 Å². The van der Waals surface area contributed by atoms with Gasteiger partial charge in [0.25, 0.3) is 11.6 Å². The minimum atomic E-state index is -0.472. The maximum absolute atomic E-state index is 12.1. The Morgan fingerprint density at radius 2 is 2.00 bits per heavy atom. The lowest BCUT2D eigenvalue weighted by molar-refractivity contribution is -0.384. The van der Waals surface area contributed by atoms with Crippen molar-refractivity contribution >= 4 is 40.3 Å². The number of amidine groups is 1. The van der Waals surface area contributed by atoms with Crippen molar-refractivity contribution in [3.63, 3.8) is 0 Å². The molecule has 1 aliphatic rings. The SMILES string of the molecule is COc1ccc(N=C2NC(=O)C(=Cc3cccc([N+](=O)[O-])c3)S2)cc1. The van der Waals surface area contributed by atoms with Crippen LogP contribution >= 0.6 is 11.8 Å². The molecule has 1 N–H and O–H groups in total. The first kappa shape index (κ1) is 16.7. The van der Waals surface area contributed by atoms with Gasteiger partial charge in [-0.2, -0.15) is 0 Å². The molecule has 7 nitrogen and oxygen atoms in total. The molecule has 0 spiro atoms. The molecule has 1 aliphatic heterocycles. The van der Waals surface area contributed by atoms with Crippen LogP contribution < -0.4 is 10.1 Å². The van der Waals surface area contributed by atoms with Crippen LogP contribution in [0.15, 0.2) is 58.4 Å². The number of thioether (sulfide) groups is 1. The van der Waals surface area contributed by atoms with Crippen LogP contribution in [-0.2, 0) is 4.79 Å². The van der Waals surface area contributed by atoms with Crippen molar-refractivity contribution in [1.29, 1.82) is 0 Å². The smallest absolute Gasteiger partial charge is 0.270 e. The first-order valence-electron chi connectivity index (χ1n) is 7.23. The summed E-state index contributed by atoms with van der Waals surface area (Å²) in [5, 5.41) is 14.0. The standard InChI is InChI=1S/C17H13N3O4S/c1-24-14-7-5-12(6-8-14)18-17-19-16(21)15(25-17)10-11-3-2-4-13(9-11)20(22)23/h2-10H,1H3,(H,18,19,21). The number of carbonyl (C=O) groups excluding carboxylic acids is 1. The fourth-order valence-electron chi connectivity index (χ4n) is 2.13. The summed E-state index contributed by atoms with van der Waals surface area (Å²) in [5.74, 6) is 0.432. The summed E-state index contributed by atoms with van der Waals surface area (Å²) in [5.41, 5.74) is 1.24. The van der Waals surface area contributed by atoms with Crippen molar-refractivity contribution in [3.05, 3.63) is 69.1 Å². The second-order valence-corrected chi connectivity index (χ2v) is 6.06. The van der Waals surface area contributed by atoms with Gasteiger partial charge >= 0.3 is 0 Å². The van der Waals surface area contributed by atoms with Crippen LogP contribution in [0, 0.1) is 10.1 Å². The van der Waals surface area contributed by atoms with Crippen molar-refractivity contribution in [2.24, 2.45) is 4.99 Å². The number of hydrogen-bond acceptors (Lipinski definition) is 6. The molecular formula is C17H13N3O4S. The molecule has 1 amide bonds. The molecule has 2 aromatic carbocycles. The third kappa shape index (κ3) is 4.04. The summed E-state index contributed by atoms with van der Waals surface area (Å²) in [6, 6.07) is 13.2. The molecule has 1 saturated heterocycles. The Balaban J connectivity index is 1.80. The first-order valence-corrected chi connectivity index (χ1v) is 8.05. The number of aliphatic imine (C=N–C) groups is 1. The van der Waals surface area contributed by atoms with Gasteiger partial charge in [0.2, 0.25) is 0 Å². The highest BCUT2D eigenvalue weighted by molar-refractivity contribution is 8.18. The quantitative estimate of drug-likeness (QED) is 0.515. The second-order valence-electron chi connectivity index (χ2n) is 5.03. The Labute approximate surface area is 147 Å². The average Bonchev–Trinajstić information content (AvgIpc) is 2.95. The number of nitrogens with zero attached hydrogens (tertiary/aromatic N) is 2. The fraction of sp³-hybridized carbons (Fsp3) is 0.0588. The van der Waals surface area contributed by atoms with E-state index in [1.165, 1.54) is 23.9 Å². The minimum Gasteiger partial charge on any atom is -0.497 e.